The maximum Gasteiger partial charge on any atom is 0.416 e. The van der Waals surface area contributed by atoms with Crippen LogP contribution in [0.25, 0.3) is 22.0 Å². The number of morpholine rings is 1. The van der Waals surface area contributed by atoms with Crippen molar-refractivity contribution in [2.45, 2.75) is 12.7 Å². The first-order chi connectivity index (χ1) is 17.4. The highest BCUT2D eigenvalue weighted by Crippen LogP contribution is 2.34. The van der Waals surface area contributed by atoms with E-state index in [1.54, 1.807) is 30.3 Å². The van der Waals surface area contributed by atoms with Crippen molar-refractivity contribution >= 4 is 22.5 Å². The first kappa shape index (κ1) is 24.0. The maximum absolute atomic E-state index is 13.3. The van der Waals surface area contributed by atoms with Gasteiger partial charge in [-0.25, -0.2) is 4.98 Å². The molecule has 1 fully saturated rings. The number of hydrogen-bond donors (Lipinski definition) is 1. The molecule has 1 saturated heterocycles. The molecule has 1 N–H and O–H groups in total. The number of carbonyl (C=O) groups excluding carboxylic acids is 1. The van der Waals surface area contributed by atoms with E-state index in [0.717, 1.165) is 42.7 Å². The molecule has 1 aliphatic heterocycles. The van der Waals surface area contributed by atoms with E-state index in [4.69, 9.17) is 4.74 Å². The molecule has 4 aromatic rings. The van der Waals surface area contributed by atoms with Gasteiger partial charge in [-0.15, -0.1) is 0 Å². The Morgan fingerprint density at radius 2 is 1.72 bits per heavy atom. The van der Waals surface area contributed by atoms with Crippen LogP contribution in [0.15, 0.2) is 78.9 Å². The third-order valence-corrected chi connectivity index (χ3v) is 6.15. The summed E-state index contributed by atoms with van der Waals surface area (Å²) in [6, 6.07) is 21.4. The molecule has 0 spiro atoms. The predicted molar refractivity (Wildman–Crippen MR) is 133 cm³/mol. The Kier molecular flexibility index (Phi) is 6.71. The minimum Gasteiger partial charge on any atom is -0.379 e. The zero-order valence-electron chi connectivity index (χ0n) is 19.4. The number of fused-ring (bicyclic) bond motifs is 1. The summed E-state index contributed by atoms with van der Waals surface area (Å²) < 4.78 is 45.2. The number of amides is 1. The summed E-state index contributed by atoms with van der Waals surface area (Å²) in [6.07, 6.45) is -4.45. The van der Waals surface area contributed by atoms with Gasteiger partial charge in [0.15, 0.2) is 0 Å². The third-order valence-electron chi connectivity index (χ3n) is 6.15. The second-order valence-electron chi connectivity index (χ2n) is 8.70. The Morgan fingerprint density at radius 1 is 0.944 bits per heavy atom. The van der Waals surface area contributed by atoms with Crippen molar-refractivity contribution in [1.82, 2.24) is 9.88 Å². The molecule has 0 saturated carbocycles. The molecule has 36 heavy (non-hydrogen) atoms. The van der Waals surface area contributed by atoms with Crippen LogP contribution in [-0.2, 0) is 17.5 Å². The monoisotopic (exact) mass is 491 g/mol. The van der Waals surface area contributed by atoms with Gasteiger partial charge in [-0.1, -0.05) is 48.5 Å². The lowest BCUT2D eigenvalue weighted by Gasteiger charge is -2.26. The van der Waals surface area contributed by atoms with E-state index in [1.165, 1.54) is 6.07 Å². The predicted octanol–water partition coefficient (Wildman–Crippen LogP) is 6.01. The Morgan fingerprint density at radius 3 is 2.53 bits per heavy atom. The standard InChI is InChI=1S/C28H24F3N3O2/c29-28(30,31)22-7-2-6-21(17-22)24-9-3-5-20-10-11-25(33-26(20)24)27(35)32-23-8-1-4-19(16-23)18-34-12-14-36-15-13-34/h1-11,16-17H,12-15,18H2,(H,32,35). The van der Waals surface area contributed by atoms with E-state index < -0.39 is 11.7 Å². The number of nitrogens with one attached hydrogen (secondary N) is 1. The first-order valence-corrected chi connectivity index (χ1v) is 11.6. The molecule has 1 aromatic heterocycles. The van der Waals surface area contributed by atoms with Crippen molar-refractivity contribution in [3.05, 3.63) is 95.7 Å². The molecule has 184 valence electrons. The van der Waals surface area contributed by atoms with Crippen molar-refractivity contribution in [3.8, 4) is 11.1 Å². The summed E-state index contributed by atoms with van der Waals surface area (Å²) in [5.74, 6) is -0.390. The number of aromatic nitrogens is 1. The van der Waals surface area contributed by atoms with Gasteiger partial charge in [-0.2, -0.15) is 13.2 Å². The summed E-state index contributed by atoms with van der Waals surface area (Å²) in [5.41, 5.74) is 2.55. The van der Waals surface area contributed by atoms with Crippen molar-refractivity contribution in [3.63, 3.8) is 0 Å². The molecule has 3 aromatic carbocycles. The van der Waals surface area contributed by atoms with Crippen LogP contribution in [0.5, 0.6) is 0 Å². The fourth-order valence-corrected chi connectivity index (χ4v) is 4.33. The fraction of sp³-hybridized carbons (Fsp3) is 0.214. The minimum absolute atomic E-state index is 0.181. The molecule has 0 bridgehead atoms. The van der Waals surface area contributed by atoms with E-state index >= 15 is 0 Å². The average Bonchev–Trinajstić information content (AvgIpc) is 2.88. The highest BCUT2D eigenvalue weighted by molar-refractivity contribution is 6.05. The molecule has 8 heteroatoms. The number of benzene rings is 3. The Bertz CT molecular complexity index is 1400. The maximum atomic E-state index is 13.3. The van der Waals surface area contributed by atoms with E-state index in [2.05, 4.69) is 15.2 Å². The Balaban J connectivity index is 1.40. The van der Waals surface area contributed by atoms with Gasteiger partial charge in [0.2, 0.25) is 0 Å². The molecule has 5 rings (SSSR count). The molecule has 0 unspecified atom stereocenters. The van der Waals surface area contributed by atoms with Gasteiger partial charge in [-0.3, -0.25) is 9.69 Å². The SMILES string of the molecule is O=C(Nc1cccc(CN2CCOCC2)c1)c1ccc2cccc(-c3cccc(C(F)(F)F)c3)c2n1. The van der Waals surface area contributed by atoms with E-state index in [-0.39, 0.29) is 11.6 Å². The third kappa shape index (κ3) is 5.40. The van der Waals surface area contributed by atoms with Crippen LogP contribution in [0.4, 0.5) is 18.9 Å². The number of ether oxygens (including phenoxy) is 1. The van der Waals surface area contributed by atoms with E-state index in [1.807, 2.05) is 30.3 Å². The van der Waals surface area contributed by atoms with Gasteiger partial charge >= 0.3 is 6.18 Å². The minimum atomic E-state index is -4.45. The summed E-state index contributed by atoms with van der Waals surface area (Å²) in [5, 5.41) is 3.63. The van der Waals surface area contributed by atoms with Crippen molar-refractivity contribution < 1.29 is 22.7 Å². The lowest BCUT2D eigenvalue weighted by Crippen LogP contribution is -2.35. The zero-order chi connectivity index (χ0) is 25.1. The lowest BCUT2D eigenvalue weighted by atomic mass is 9.99. The number of rotatable bonds is 5. The number of hydrogen-bond acceptors (Lipinski definition) is 4. The van der Waals surface area contributed by atoms with Crippen LogP contribution in [0.3, 0.4) is 0 Å². The van der Waals surface area contributed by atoms with Gasteiger partial charge < -0.3 is 10.1 Å². The summed E-state index contributed by atoms with van der Waals surface area (Å²) in [4.78, 5) is 19.9. The van der Waals surface area contributed by atoms with Crippen LogP contribution in [0.1, 0.15) is 21.6 Å². The van der Waals surface area contributed by atoms with E-state index in [0.29, 0.717) is 35.5 Å². The van der Waals surface area contributed by atoms with Crippen molar-refractivity contribution in [2.24, 2.45) is 0 Å². The molecule has 0 atom stereocenters. The molecule has 5 nitrogen and oxygen atoms in total. The van der Waals surface area contributed by atoms with Gasteiger partial charge in [0.25, 0.3) is 5.91 Å². The second kappa shape index (κ2) is 10.1. The molecule has 0 radical (unpaired) electrons. The molecular formula is C28H24F3N3O2. The molecule has 2 heterocycles. The van der Waals surface area contributed by atoms with E-state index in [9.17, 15) is 18.0 Å². The number of alkyl halides is 3. The van der Waals surface area contributed by atoms with Gasteiger partial charge in [0.1, 0.15) is 5.69 Å². The molecule has 1 aliphatic rings. The quantitative estimate of drug-likeness (QED) is 0.372. The summed E-state index contributed by atoms with van der Waals surface area (Å²) in [7, 11) is 0. The Labute approximate surface area is 206 Å². The van der Waals surface area contributed by atoms with Crippen molar-refractivity contribution in [2.75, 3.05) is 31.6 Å². The topological polar surface area (TPSA) is 54.5 Å². The van der Waals surface area contributed by atoms with Gasteiger partial charge in [0.05, 0.1) is 24.3 Å². The number of pyridine rings is 1. The number of anilines is 1. The lowest BCUT2D eigenvalue weighted by molar-refractivity contribution is -0.137. The number of halogens is 3. The highest BCUT2D eigenvalue weighted by atomic mass is 19.4. The summed E-state index contributed by atoms with van der Waals surface area (Å²) in [6.45, 7) is 3.93. The van der Waals surface area contributed by atoms with Gasteiger partial charge in [0, 0.05) is 36.3 Å². The first-order valence-electron chi connectivity index (χ1n) is 11.6. The van der Waals surface area contributed by atoms with Crippen molar-refractivity contribution in [1.29, 1.82) is 0 Å². The second-order valence-corrected chi connectivity index (χ2v) is 8.70. The van der Waals surface area contributed by atoms with Crippen LogP contribution >= 0.6 is 0 Å². The molecular weight excluding hydrogens is 467 g/mol. The Hall–Kier alpha value is -3.75. The molecule has 1 amide bonds. The van der Waals surface area contributed by atoms with Crippen LogP contribution < -0.4 is 5.32 Å². The normalized spacial score (nSPS) is 14.6. The highest BCUT2D eigenvalue weighted by Gasteiger charge is 2.30. The summed E-state index contributed by atoms with van der Waals surface area (Å²) >= 11 is 0. The van der Waals surface area contributed by atoms with Gasteiger partial charge in [-0.05, 0) is 41.5 Å². The van der Waals surface area contributed by atoms with Crippen LogP contribution in [0.2, 0.25) is 0 Å². The number of carbonyl (C=O) groups is 1. The fourth-order valence-electron chi connectivity index (χ4n) is 4.33. The largest absolute Gasteiger partial charge is 0.416 e. The zero-order valence-corrected chi connectivity index (χ0v) is 19.4. The number of nitrogens with zero attached hydrogens (tertiary/aromatic N) is 2. The number of para-hydroxylation sites is 1. The molecule has 0 aliphatic carbocycles. The average molecular weight is 492 g/mol. The van der Waals surface area contributed by atoms with Crippen LogP contribution in [-0.4, -0.2) is 42.1 Å². The smallest absolute Gasteiger partial charge is 0.379 e. The van der Waals surface area contributed by atoms with Crippen LogP contribution in [0, 0.1) is 0 Å².